The van der Waals surface area contributed by atoms with Crippen LogP contribution in [0.25, 0.3) is 0 Å². The van der Waals surface area contributed by atoms with Gasteiger partial charge in [0.2, 0.25) is 0 Å². The zero-order valence-electron chi connectivity index (χ0n) is 11.4. The zero-order valence-corrected chi connectivity index (χ0v) is 15.1. The molecule has 0 saturated carbocycles. The second-order valence-corrected chi connectivity index (χ2v) is 6.35. The molecule has 1 aromatic heterocycles. The van der Waals surface area contributed by atoms with Gasteiger partial charge >= 0.3 is 0 Å². The number of hydrogen-bond donors (Lipinski definition) is 1. The highest BCUT2D eigenvalue weighted by molar-refractivity contribution is 14.1. The molecule has 106 valence electrons. The van der Waals surface area contributed by atoms with Gasteiger partial charge in [-0.25, -0.2) is 0 Å². The number of methoxy groups -OCH3 is 1. The van der Waals surface area contributed by atoms with E-state index in [1.807, 2.05) is 12.1 Å². The van der Waals surface area contributed by atoms with Crippen LogP contribution < -0.4 is 10.1 Å². The van der Waals surface area contributed by atoms with Gasteiger partial charge in [-0.05, 0) is 65.0 Å². The van der Waals surface area contributed by atoms with Crippen molar-refractivity contribution in [2.24, 2.45) is 0 Å². The summed E-state index contributed by atoms with van der Waals surface area (Å²) in [5.74, 6) is 0.796. The minimum absolute atomic E-state index is 0.000223. The number of rotatable bonds is 5. The molecule has 0 aliphatic carbocycles. The van der Waals surface area contributed by atoms with Crippen LogP contribution in [0.5, 0.6) is 5.75 Å². The zero-order chi connectivity index (χ0) is 14.5. The average Bonchev–Trinajstić information content (AvgIpc) is 2.47. The number of ether oxygens (including phenoxy) is 1. The van der Waals surface area contributed by atoms with E-state index in [0.717, 1.165) is 28.0 Å². The lowest BCUT2D eigenvalue weighted by Crippen LogP contribution is -2.24. The van der Waals surface area contributed by atoms with Gasteiger partial charge in [0.1, 0.15) is 11.4 Å². The fraction of sp³-hybridized carbons (Fsp3) is 0.267. The lowest BCUT2D eigenvalue weighted by Gasteiger charge is -2.21. The van der Waals surface area contributed by atoms with Gasteiger partial charge < -0.3 is 10.1 Å². The summed E-state index contributed by atoms with van der Waals surface area (Å²) in [7, 11) is 1.67. The third-order valence-electron chi connectivity index (χ3n) is 2.97. The standard InChI is InChI=1S/C15H16BrIN2O/c1-3-18-14(11-9-10(17)6-7-12(11)16)15-13(20-2)5-4-8-19-15/h4-9,14,18H,3H2,1-2H3. The molecule has 1 unspecified atom stereocenters. The number of aromatic nitrogens is 1. The highest BCUT2D eigenvalue weighted by Gasteiger charge is 2.21. The Morgan fingerprint density at radius 2 is 2.20 bits per heavy atom. The van der Waals surface area contributed by atoms with Crippen molar-refractivity contribution >= 4 is 38.5 Å². The van der Waals surface area contributed by atoms with E-state index in [9.17, 15) is 0 Å². The second kappa shape index (κ2) is 7.38. The Hall–Kier alpha value is -0.660. The molecule has 2 rings (SSSR count). The van der Waals surface area contributed by atoms with Crippen molar-refractivity contribution in [3.8, 4) is 5.75 Å². The van der Waals surface area contributed by atoms with E-state index in [1.54, 1.807) is 13.3 Å². The van der Waals surface area contributed by atoms with Crippen LogP contribution in [0.2, 0.25) is 0 Å². The first-order valence-corrected chi connectivity index (χ1v) is 8.21. The Morgan fingerprint density at radius 1 is 1.40 bits per heavy atom. The van der Waals surface area contributed by atoms with Crippen molar-refractivity contribution in [1.29, 1.82) is 0 Å². The fourth-order valence-electron chi connectivity index (χ4n) is 2.09. The van der Waals surface area contributed by atoms with Gasteiger partial charge in [-0.2, -0.15) is 0 Å². The number of benzene rings is 1. The molecule has 5 heteroatoms. The number of nitrogens with one attached hydrogen (secondary N) is 1. The molecule has 1 aromatic carbocycles. The number of pyridine rings is 1. The molecule has 1 heterocycles. The Kier molecular flexibility index (Phi) is 5.80. The molecule has 0 fully saturated rings. The summed E-state index contributed by atoms with van der Waals surface area (Å²) >= 11 is 5.95. The third-order valence-corrected chi connectivity index (χ3v) is 4.36. The Bertz CT molecular complexity index is 592. The van der Waals surface area contributed by atoms with Gasteiger partial charge in [-0.3, -0.25) is 4.98 Å². The first-order valence-electron chi connectivity index (χ1n) is 6.34. The summed E-state index contributed by atoms with van der Waals surface area (Å²) in [4.78, 5) is 4.50. The first-order chi connectivity index (χ1) is 9.67. The first kappa shape index (κ1) is 15.7. The number of hydrogen-bond acceptors (Lipinski definition) is 3. The minimum Gasteiger partial charge on any atom is -0.495 e. The van der Waals surface area contributed by atoms with Crippen molar-refractivity contribution in [1.82, 2.24) is 10.3 Å². The van der Waals surface area contributed by atoms with Gasteiger partial charge in [0, 0.05) is 14.2 Å². The molecule has 1 atom stereocenters. The maximum absolute atomic E-state index is 5.44. The Balaban J connectivity index is 2.53. The summed E-state index contributed by atoms with van der Waals surface area (Å²) in [5.41, 5.74) is 2.07. The molecule has 2 aromatic rings. The quantitative estimate of drug-likeness (QED) is 0.700. The van der Waals surface area contributed by atoms with Crippen LogP contribution in [0.4, 0.5) is 0 Å². The van der Waals surface area contributed by atoms with Crippen LogP contribution in [0.15, 0.2) is 41.0 Å². The van der Waals surface area contributed by atoms with E-state index in [2.05, 4.69) is 73.9 Å². The molecular formula is C15H16BrIN2O. The second-order valence-electron chi connectivity index (χ2n) is 4.25. The van der Waals surface area contributed by atoms with Gasteiger partial charge in [-0.15, -0.1) is 0 Å². The molecule has 0 saturated heterocycles. The van der Waals surface area contributed by atoms with E-state index in [4.69, 9.17) is 4.74 Å². The molecule has 20 heavy (non-hydrogen) atoms. The van der Waals surface area contributed by atoms with Crippen LogP contribution in [0.3, 0.4) is 0 Å². The van der Waals surface area contributed by atoms with Crippen LogP contribution in [-0.2, 0) is 0 Å². The Labute approximate surface area is 141 Å². The SMILES string of the molecule is CCNC(c1cc(I)ccc1Br)c1ncccc1OC. The Morgan fingerprint density at radius 3 is 2.90 bits per heavy atom. The van der Waals surface area contributed by atoms with E-state index in [0.29, 0.717) is 0 Å². The van der Waals surface area contributed by atoms with Gasteiger partial charge in [0.25, 0.3) is 0 Å². The summed E-state index contributed by atoms with van der Waals surface area (Å²) in [6.07, 6.45) is 1.80. The predicted molar refractivity (Wildman–Crippen MR) is 93.2 cm³/mol. The number of nitrogens with zero attached hydrogens (tertiary/aromatic N) is 1. The lowest BCUT2D eigenvalue weighted by atomic mass is 10.0. The highest BCUT2D eigenvalue weighted by Crippen LogP contribution is 2.33. The van der Waals surface area contributed by atoms with Crippen molar-refractivity contribution in [2.45, 2.75) is 13.0 Å². The van der Waals surface area contributed by atoms with Crippen LogP contribution in [-0.4, -0.2) is 18.6 Å². The molecule has 0 aliphatic rings. The van der Waals surface area contributed by atoms with Crippen molar-refractivity contribution < 1.29 is 4.74 Å². The fourth-order valence-corrected chi connectivity index (χ4v) is 3.08. The summed E-state index contributed by atoms with van der Waals surface area (Å²) in [5, 5.41) is 3.48. The van der Waals surface area contributed by atoms with E-state index in [1.165, 1.54) is 3.57 Å². The molecule has 0 radical (unpaired) electrons. The maximum Gasteiger partial charge on any atom is 0.142 e. The molecule has 1 N–H and O–H groups in total. The van der Waals surface area contributed by atoms with Crippen LogP contribution >= 0.6 is 38.5 Å². The van der Waals surface area contributed by atoms with Crippen molar-refractivity contribution in [2.75, 3.05) is 13.7 Å². The topological polar surface area (TPSA) is 34.2 Å². The third kappa shape index (κ3) is 3.51. The van der Waals surface area contributed by atoms with E-state index in [-0.39, 0.29) is 6.04 Å². The molecule has 3 nitrogen and oxygen atoms in total. The van der Waals surface area contributed by atoms with Crippen LogP contribution in [0, 0.1) is 3.57 Å². The maximum atomic E-state index is 5.44. The minimum atomic E-state index is 0.000223. The number of halogens is 2. The normalized spacial score (nSPS) is 12.2. The molecule has 0 amide bonds. The predicted octanol–water partition coefficient (Wildman–Crippen LogP) is 4.16. The largest absolute Gasteiger partial charge is 0.495 e. The lowest BCUT2D eigenvalue weighted by molar-refractivity contribution is 0.400. The molecular weight excluding hydrogens is 431 g/mol. The van der Waals surface area contributed by atoms with Crippen LogP contribution in [0.1, 0.15) is 24.2 Å². The van der Waals surface area contributed by atoms with Gasteiger partial charge in [0.15, 0.2) is 0 Å². The monoisotopic (exact) mass is 446 g/mol. The average molecular weight is 447 g/mol. The molecule has 0 aliphatic heterocycles. The molecule has 0 spiro atoms. The van der Waals surface area contributed by atoms with Crippen molar-refractivity contribution in [3.63, 3.8) is 0 Å². The highest BCUT2D eigenvalue weighted by atomic mass is 127. The van der Waals surface area contributed by atoms with Gasteiger partial charge in [0.05, 0.1) is 13.2 Å². The van der Waals surface area contributed by atoms with E-state index < -0.39 is 0 Å². The van der Waals surface area contributed by atoms with Gasteiger partial charge in [-0.1, -0.05) is 22.9 Å². The van der Waals surface area contributed by atoms with Crippen molar-refractivity contribution in [3.05, 3.63) is 55.8 Å². The van der Waals surface area contributed by atoms with E-state index >= 15 is 0 Å². The summed E-state index contributed by atoms with van der Waals surface area (Å²) in [6, 6.07) is 10.1. The smallest absolute Gasteiger partial charge is 0.142 e. The summed E-state index contributed by atoms with van der Waals surface area (Å²) < 4.78 is 7.70. The summed E-state index contributed by atoms with van der Waals surface area (Å²) in [6.45, 7) is 2.94. The molecule has 0 bridgehead atoms.